The third-order valence-corrected chi connectivity index (χ3v) is 5.45. The van der Waals surface area contributed by atoms with E-state index in [4.69, 9.17) is 14.2 Å². The topological polar surface area (TPSA) is 93.5 Å². The standard InChI is InChI=1S/C19H19N3O4S/c20-9-13-6-12-7-16-17(26-5-4-25-16)8-15(12)22-19(13)27-11-18(23)21-10-14-2-1-3-24-14/h6-8,14H,1-5,10-11H2,(H,21,23)/t14-/m1/s1. The van der Waals surface area contributed by atoms with Crippen molar-refractivity contribution in [1.82, 2.24) is 10.3 Å². The molecule has 1 aromatic heterocycles. The zero-order valence-electron chi connectivity index (χ0n) is 14.7. The van der Waals surface area contributed by atoms with Gasteiger partial charge in [0, 0.05) is 24.6 Å². The van der Waals surface area contributed by atoms with Crippen LogP contribution < -0.4 is 14.8 Å². The van der Waals surface area contributed by atoms with Gasteiger partial charge in [0.05, 0.1) is 22.9 Å². The second-order valence-electron chi connectivity index (χ2n) is 6.37. The smallest absolute Gasteiger partial charge is 0.230 e. The summed E-state index contributed by atoms with van der Waals surface area (Å²) in [4.78, 5) is 16.7. The van der Waals surface area contributed by atoms with Gasteiger partial charge in [-0.1, -0.05) is 11.8 Å². The molecule has 2 aliphatic heterocycles. The lowest BCUT2D eigenvalue weighted by molar-refractivity contribution is -0.119. The Bertz CT molecular complexity index is 906. The second-order valence-corrected chi connectivity index (χ2v) is 7.33. The Morgan fingerprint density at radius 3 is 2.81 bits per heavy atom. The van der Waals surface area contributed by atoms with Gasteiger partial charge in [-0.2, -0.15) is 5.26 Å². The highest BCUT2D eigenvalue weighted by Crippen LogP contribution is 2.35. The van der Waals surface area contributed by atoms with E-state index in [1.54, 1.807) is 6.07 Å². The molecule has 1 saturated heterocycles. The number of nitrogens with one attached hydrogen (secondary N) is 1. The van der Waals surface area contributed by atoms with Gasteiger partial charge in [-0.05, 0) is 25.0 Å². The maximum atomic E-state index is 12.1. The van der Waals surface area contributed by atoms with Crippen molar-refractivity contribution >= 4 is 28.6 Å². The number of hydrogen-bond donors (Lipinski definition) is 1. The highest BCUT2D eigenvalue weighted by molar-refractivity contribution is 8.00. The van der Waals surface area contributed by atoms with E-state index in [1.807, 2.05) is 12.1 Å². The van der Waals surface area contributed by atoms with Gasteiger partial charge >= 0.3 is 0 Å². The average Bonchev–Trinajstić information content (AvgIpc) is 3.22. The van der Waals surface area contributed by atoms with E-state index in [0.717, 1.165) is 24.8 Å². The van der Waals surface area contributed by atoms with Crippen molar-refractivity contribution in [3.63, 3.8) is 0 Å². The fourth-order valence-electron chi connectivity index (χ4n) is 3.10. The van der Waals surface area contributed by atoms with Crippen molar-refractivity contribution in [1.29, 1.82) is 5.26 Å². The summed E-state index contributed by atoms with van der Waals surface area (Å²) in [6, 6.07) is 7.58. The van der Waals surface area contributed by atoms with Crippen LogP contribution in [0.4, 0.5) is 0 Å². The quantitative estimate of drug-likeness (QED) is 0.789. The van der Waals surface area contributed by atoms with Gasteiger partial charge in [-0.25, -0.2) is 4.98 Å². The van der Waals surface area contributed by atoms with Gasteiger partial charge in [0.2, 0.25) is 5.91 Å². The van der Waals surface area contributed by atoms with Gasteiger partial charge in [0.25, 0.3) is 0 Å². The Kier molecular flexibility index (Phi) is 5.32. The van der Waals surface area contributed by atoms with Crippen LogP contribution in [0.2, 0.25) is 0 Å². The van der Waals surface area contributed by atoms with Crippen LogP contribution in [0.1, 0.15) is 18.4 Å². The Hall–Kier alpha value is -2.50. The average molecular weight is 385 g/mol. The zero-order chi connectivity index (χ0) is 18.6. The molecule has 27 heavy (non-hydrogen) atoms. The predicted octanol–water partition coefficient (Wildman–Crippen LogP) is 2.26. The number of hydrogen-bond acceptors (Lipinski definition) is 7. The third kappa shape index (κ3) is 4.10. The number of rotatable bonds is 5. The normalized spacial score (nSPS) is 18.3. The van der Waals surface area contributed by atoms with Crippen molar-refractivity contribution in [3.8, 4) is 17.6 Å². The molecule has 8 heteroatoms. The van der Waals surface area contributed by atoms with Crippen molar-refractivity contribution in [2.45, 2.75) is 24.0 Å². The number of nitriles is 1. The van der Waals surface area contributed by atoms with Gasteiger partial charge in [-0.3, -0.25) is 4.79 Å². The molecule has 0 unspecified atom stereocenters. The molecule has 2 aromatic rings. The van der Waals surface area contributed by atoms with E-state index in [9.17, 15) is 10.1 Å². The van der Waals surface area contributed by atoms with Crippen LogP contribution in [0.15, 0.2) is 23.2 Å². The third-order valence-electron chi connectivity index (χ3n) is 4.46. The minimum absolute atomic E-state index is 0.0940. The number of benzene rings is 1. The maximum Gasteiger partial charge on any atom is 0.230 e. The molecule has 1 amide bonds. The van der Waals surface area contributed by atoms with Crippen LogP contribution in [-0.4, -0.2) is 49.1 Å². The molecule has 0 radical (unpaired) electrons. The predicted molar refractivity (Wildman–Crippen MR) is 100 cm³/mol. The Balaban J connectivity index is 1.47. The molecule has 1 N–H and O–H groups in total. The molecular formula is C19H19N3O4S. The van der Waals surface area contributed by atoms with E-state index in [1.165, 1.54) is 11.8 Å². The lowest BCUT2D eigenvalue weighted by Crippen LogP contribution is -2.32. The number of nitrogens with zero attached hydrogens (tertiary/aromatic N) is 2. The molecule has 140 valence electrons. The number of carbonyl (C=O) groups is 1. The SMILES string of the molecule is N#Cc1cc2cc3c(cc2nc1SCC(=O)NC[C@H]1CCCO1)OCCO3. The number of carbonyl (C=O) groups excluding carboxylic acids is 1. The number of pyridine rings is 1. The molecule has 3 heterocycles. The van der Waals surface area contributed by atoms with Crippen LogP contribution >= 0.6 is 11.8 Å². The first-order valence-corrected chi connectivity index (χ1v) is 9.87. The maximum absolute atomic E-state index is 12.1. The van der Waals surface area contributed by atoms with Gasteiger partial charge in [0.15, 0.2) is 11.5 Å². The number of ether oxygens (including phenoxy) is 3. The summed E-state index contributed by atoms with van der Waals surface area (Å²) in [6.45, 7) is 2.30. The van der Waals surface area contributed by atoms with E-state index < -0.39 is 0 Å². The van der Waals surface area contributed by atoms with Crippen molar-refractivity contribution in [2.24, 2.45) is 0 Å². The molecule has 0 saturated carbocycles. The number of aromatic nitrogens is 1. The number of fused-ring (bicyclic) bond motifs is 2. The molecule has 1 fully saturated rings. The van der Waals surface area contributed by atoms with Gasteiger partial charge < -0.3 is 19.5 Å². The van der Waals surface area contributed by atoms with Crippen LogP contribution in [0.3, 0.4) is 0 Å². The van der Waals surface area contributed by atoms with Crippen molar-refractivity contribution < 1.29 is 19.0 Å². The molecule has 4 rings (SSSR count). The lowest BCUT2D eigenvalue weighted by Gasteiger charge is -2.19. The first kappa shape index (κ1) is 17.9. The summed E-state index contributed by atoms with van der Waals surface area (Å²) >= 11 is 1.26. The number of amides is 1. The zero-order valence-corrected chi connectivity index (χ0v) is 15.5. The molecule has 7 nitrogen and oxygen atoms in total. The van der Waals surface area contributed by atoms with Gasteiger partial charge in [0.1, 0.15) is 24.3 Å². The fraction of sp³-hybridized carbons (Fsp3) is 0.421. The summed E-state index contributed by atoms with van der Waals surface area (Å²) in [7, 11) is 0. The summed E-state index contributed by atoms with van der Waals surface area (Å²) in [5.41, 5.74) is 1.15. The van der Waals surface area contributed by atoms with Crippen molar-refractivity contribution in [2.75, 3.05) is 32.1 Å². The van der Waals surface area contributed by atoms with Gasteiger partial charge in [-0.15, -0.1) is 0 Å². The summed E-state index contributed by atoms with van der Waals surface area (Å²) in [6.07, 6.45) is 2.13. The molecule has 0 spiro atoms. The van der Waals surface area contributed by atoms with Crippen LogP contribution in [0, 0.1) is 11.3 Å². The highest BCUT2D eigenvalue weighted by atomic mass is 32.2. The molecule has 0 bridgehead atoms. The fourth-order valence-corrected chi connectivity index (χ4v) is 3.89. The largest absolute Gasteiger partial charge is 0.486 e. The summed E-state index contributed by atoms with van der Waals surface area (Å²) < 4.78 is 16.7. The Morgan fingerprint density at radius 2 is 2.07 bits per heavy atom. The molecule has 2 aliphatic rings. The number of thioether (sulfide) groups is 1. The first-order valence-electron chi connectivity index (χ1n) is 8.88. The summed E-state index contributed by atoms with van der Waals surface area (Å²) in [5.74, 6) is 1.41. The molecular weight excluding hydrogens is 366 g/mol. The highest BCUT2D eigenvalue weighted by Gasteiger charge is 2.18. The Morgan fingerprint density at radius 1 is 1.26 bits per heavy atom. The first-order chi connectivity index (χ1) is 13.2. The van der Waals surface area contributed by atoms with Crippen molar-refractivity contribution in [3.05, 3.63) is 23.8 Å². The Labute approximate surface area is 161 Å². The van der Waals surface area contributed by atoms with E-state index in [0.29, 0.717) is 47.4 Å². The molecule has 1 atom stereocenters. The van der Waals surface area contributed by atoms with E-state index >= 15 is 0 Å². The minimum atomic E-state index is -0.0940. The van der Waals surface area contributed by atoms with E-state index in [-0.39, 0.29) is 17.8 Å². The van der Waals surface area contributed by atoms with E-state index in [2.05, 4.69) is 16.4 Å². The monoisotopic (exact) mass is 385 g/mol. The summed E-state index contributed by atoms with van der Waals surface area (Å²) in [5, 5.41) is 13.7. The second kappa shape index (κ2) is 8.03. The molecule has 0 aliphatic carbocycles. The van der Waals surface area contributed by atoms with Crippen LogP contribution in [0.25, 0.3) is 10.9 Å². The lowest BCUT2D eigenvalue weighted by atomic mass is 10.1. The molecule has 1 aromatic carbocycles. The van der Waals surface area contributed by atoms with Crippen LogP contribution in [0.5, 0.6) is 11.5 Å². The van der Waals surface area contributed by atoms with Crippen LogP contribution in [-0.2, 0) is 9.53 Å². The minimum Gasteiger partial charge on any atom is -0.486 e.